The zero-order chi connectivity index (χ0) is 9.42. The first-order valence-electron chi connectivity index (χ1n) is 3.82. The number of pyridine rings is 1. The molecule has 1 N–H and O–H groups in total. The van der Waals surface area contributed by atoms with Crippen LogP contribution in [0.3, 0.4) is 0 Å². The predicted molar refractivity (Wildman–Crippen MR) is 47.7 cm³/mol. The zero-order valence-corrected chi connectivity index (χ0v) is 7.06. The number of aromatic nitrogens is 2. The molecule has 0 aliphatic carbocycles. The SMILES string of the molecule is Cn1cc(C(=O)O)c2ccncc21. The maximum Gasteiger partial charge on any atom is 0.337 e. The average Bonchev–Trinajstić information content (AvgIpc) is 2.45. The molecule has 0 saturated heterocycles. The Morgan fingerprint density at radius 2 is 2.38 bits per heavy atom. The zero-order valence-electron chi connectivity index (χ0n) is 7.06. The predicted octanol–water partition coefficient (Wildman–Crippen LogP) is 1.27. The van der Waals surface area contributed by atoms with E-state index in [2.05, 4.69) is 4.98 Å². The van der Waals surface area contributed by atoms with Crippen molar-refractivity contribution in [1.82, 2.24) is 9.55 Å². The number of nitrogens with zero attached hydrogens (tertiary/aromatic N) is 2. The fourth-order valence-electron chi connectivity index (χ4n) is 1.40. The van der Waals surface area contributed by atoms with E-state index in [9.17, 15) is 4.79 Å². The van der Waals surface area contributed by atoms with Gasteiger partial charge < -0.3 is 9.67 Å². The molecule has 2 aromatic rings. The average molecular weight is 176 g/mol. The third-order valence-electron chi connectivity index (χ3n) is 2.02. The summed E-state index contributed by atoms with van der Waals surface area (Å²) in [5, 5.41) is 9.59. The normalized spacial score (nSPS) is 10.5. The molecular formula is C9H8N2O2. The summed E-state index contributed by atoms with van der Waals surface area (Å²) >= 11 is 0. The van der Waals surface area contributed by atoms with Crippen LogP contribution in [0.1, 0.15) is 10.4 Å². The summed E-state index contributed by atoms with van der Waals surface area (Å²) in [6, 6.07) is 1.71. The largest absolute Gasteiger partial charge is 0.478 e. The number of carboxylic acid groups (broad SMARTS) is 1. The number of hydrogen-bond donors (Lipinski definition) is 1. The Morgan fingerprint density at radius 1 is 1.62 bits per heavy atom. The van der Waals surface area contributed by atoms with Crippen molar-refractivity contribution in [3.8, 4) is 0 Å². The van der Waals surface area contributed by atoms with Crippen LogP contribution >= 0.6 is 0 Å². The first-order chi connectivity index (χ1) is 6.20. The van der Waals surface area contributed by atoms with Gasteiger partial charge in [-0.3, -0.25) is 4.98 Å². The Kier molecular flexibility index (Phi) is 1.55. The summed E-state index contributed by atoms with van der Waals surface area (Å²) in [5.41, 5.74) is 1.15. The van der Waals surface area contributed by atoms with Crippen LogP contribution in [-0.4, -0.2) is 20.6 Å². The third kappa shape index (κ3) is 1.07. The van der Waals surface area contributed by atoms with Gasteiger partial charge in [0, 0.05) is 24.8 Å². The van der Waals surface area contributed by atoms with Crippen molar-refractivity contribution in [2.24, 2.45) is 7.05 Å². The fraction of sp³-hybridized carbons (Fsp3) is 0.111. The molecule has 4 nitrogen and oxygen atoms in total. The highest BCUT2D eigenvalue weighted by Gasteiger charge is 2.11. The molecule has 2 aromatic heterocycles. The number of rotatable bonds is 1. The van der Waals surface area contributed by atoms with Gasteiger partial charge in [0.05, 0.1) is 17.3 Å². The fourth-order valence-corrected chi connectivity index (χ4v) is 1.40. The monoisotopic (exact) mass is 176 g/mol. The number of hydrogen-bond acceptors (Lipinski definition) is 2. The van der Waals surface area contributed by atoms with E-state index in [0.717, 1.165) is 10.9 Å². The minimum atomic E-state index is -0.906. The van der Waals surface area contributed by atoms with Gasteiger partial charge in [-0.05, 0) is 6.07 Å². The minimum absolute atomic E-state index is 0.319. The van der Waals surface area contributed by atoms with Crippen LogP contribution in [0.2, 0.25) is 0 Å². The number of carboxylic acids is 1. The van der Waals surface area contributed by atoms with Crippen LogP contribution < -0.4 is 0 Å². The molecule has 0 atom stereocenters. The molecule has 2 heterocycles. The molecule has 2 rings (SSSR count). The highest BCUT2D eigenvalue weighted by atomic mass is 16.4. The lowest BCUT2D eigenvalue weighted by molar-refractivity contribution is 0.0699. The molecule has 0 fully saturated rings. The van der Waals surface area contributed by atoms with E-state index in [1.807, 2.05) is 0 Å². The summed E-state index contributed by atoms with van der Waals surface area (Å²) in [4.78, 5) is 14.7. The molecule has 0 bridgehead atoms. The molecule has 0 unspecified atom stereocenters. The summed E-state index contributed by atoms with van der Waals surface area (Å²) in [6.45, 7) is 0. The first kappa shape index (κ1) is 7.79. The lowest BCUT2D eigenvalue weighted by atomic mass is 10.2. The van der Waals surface area contributed by atoms with E-state index in [-0.39, 0.29) is 0 Å². The van der Waals surface area contributed by atoms with Crippen molar-refractivity contribution in [3.63, 3.8) is 0 Å². The van der Waals surface area contributed by atoms with Crippen molar-refractivity contribution < 1.29 is 9.90 Å². The quantitative estimate of drug-likeness (QED) is 0.711. The number of aryl methyl sites for hydroxylation is 1. The number of fused-ring (bicyclic) bond motifs is 1. The lowest BCUT2D eigenvalue weighted by Crippen LogP contribution is -1.93. The van der Waals surface area contributed by atoms with Crippen LogP contribution in [0.4, 0.5) is 0 Å². The van der Waals surface area contributed by atoms with Gasteiger partial charge in [-0.15, -0.1) is 0 Å². The number of aromatic carboxylic acids is 1. The Bertz CT molecular complexity index is 473. The second kappa shape index (κ2) is 2.58. The molecule has 0 saturated carbocycles. The summed E-state index contributed by atoms with van der Waals surface area (Å²) < 4.78 is 1.76. The van der Waals surface area contributed by atoms with E-state index in [4.69, 9.17) is 5.11 Å². The molecule has 0 amide bonds. The molecule has 0 aliphatic rings. The van der Waals surface area contributed by atoms with Crippen LogP contribution in [0, 0.1) is 0 Å². The van der Waals surface area contributed by atoms with Crippen LogP contribution in [-0.2, 0) is 7.05 Å². The molecule has 13 heavy (non-hydrogen) atoms. The molecule has 4 heteroatoms. The van der Waals surface area contributed by atoms with Gasteiger partial charge >= 0.3 is 5.97 Å². The maximum atomic E-state index is 10.8. The van der Waals surface area contributed by atoms with Crippen molar-refractivity contribution in [2.75, 3.05) is 0 Å². The molecule has 0 spiro atoms. The van der Waals surface area contributed by atoms with E-state index in [1.54, 1.807) is 36.3 Å². The second-order valence-corrected chi connectivity index (χ2v) is 2.85. The van der Waals surface area contributed by atoms with Crippen LogP contribution in [0.15, 0.2) is 24.7 Å². The van der Waals surface area contributed by atoms with Crippen LogP contribution in [0.5, 0.6) is 0 Å². The topological polar surface area (TPSA) is 55.1 Å². The third-order valence-corrected chi connectivity index (χ3v) is 2.02. The van der Waals surface area contributed by atoms with Crippen molar-refractivity contribution in [1.29, 1.82) is 0 Å². The second-order valence-electron chi connectivity index (χ2n) is 2.85. The van der Waals surface area contributed by atoms with Crippen molar-refractivity contribution in [3.05, 3.63) is 30.2 Å². The Morgan fingerprint density at radius 3 is 3.08 bits per heavy atom. The van der Waals surface area contributed by atoms with E-state index in [1.165, 1.54) is 0 Å². The van der Waals surface area contributed by atoms with E-state index in [0.29, 0.717) is 5.56 Å². The smallest absolute Gasteiger partial charge is 0.337 e. The molecule has 66 valence electrons. The number of carbonyl (C=O) groups is 1. The van der Waals surface area contributed by atoms with Crippen molar-refractivity contribution in [2.45, 2.75) is 0 Å². The van der Waals surface area contributed by atoms with Crippen LogP contribution in [0.25, 0.3) is 10.9 Å². The van der Waals surface area contributed by atoms with Crippen molar-refractivity contribution >= 4 is 16.9 Å². The molecular weight excluding hydrogens is 168 g/mol. The van der Waals surface area contributed by atoms with Gasteiger partial charge in [0.2, 0.25) is 0 Å². The summed E-state index contributed by atoms with van der Waals surface area (Å²) in [5.74, 6) is -0.906. The minimum Gasteiger partial charge on any atom is -0.478 e. The van der Waals surface area contributed by atoms with E-state index < -0.39 is 5.97 Å². The molecule has 0 radical (unpaired) electrons. The summed E-state index contributed by atoms with van der Waals surface area (Å²) in [6.07, 6.45) is 4.84. The highest BCUT2D eigenvalue weighted by molar-refractivity contribution is 6.03. The maximum absolute atomic E-state index is 10.8. The van der Waals surface area contributed by atoms with Gasteiger partial charge in [-0.25, -0.2) is 4.79 Å². The first-order valence-corrected chi connectivity index (χ1v) is 3.82. The lowest BCUT2D eigenvalue weighted by Gasteiger charge is -1.92. The molecule has 0 aliphatic heterocycles. The van der Waals surface area contributed by atoms with Gasteiger partial charge in [-0.1, -0.05) is 0 Å². The summed E-state index contributed by atoms with van der Waals surface area (Å²) in [7, 11) is 1.80. The van der Waals surface area contributed by atoms with E-state index >= 15 is 0 Å². The Balaban J connectivity index is 2.85. The standard InChI is InChI=1S/C9H8N2O2/c1-11-5-7(9(12)13)6-2-3-10-4-8(6)11/h2-5H,1H3,(H,12,13). The van der Waals surface area contributed by atoms with Gasteiger partial charge in [0.15, 0.2) is 0 Å². The Hall–Kier alpha value is -1.84. The molecule has 0 aromatic carbocycles. The van der Waals surface area contributed by atoms with Gasteiger partial charge in [0.25, 0.3) is 0 Å². The Labute approximate surface area is 74.4 Å². The highest BCUT2D eigenvalue weighted by Crippen LogP contribution is 2.18. The van der Waals surface area contributed by atoms with Gasteiger partial charge in [-0.2, -0.15) is 0 Å². The van der Waals surface area contributed by atoms with Gasteiger partial charge in [0.1, 0.15) is 0 Å².